The molecule has 0 aromatic heterocycles. The molecule has 0 aliphatic rings. The van der Waals surface area contributed by atoms with E-state index in [4.69, 9.17) is 4.74 Å². The number of aliphatic hydroxyl groups excluding tert-OH is 6. The number of ether oxygens (including phenoxy) is 1. The topological polar surface area (TPSA) is 131 Å². The SMILES string of the molecule is CCCOc1ccc(C=C(O)[C@@H](O)[C@@H](O)[C@H](O)[C@@H](O)C(O)CCC)cc1. The molecule has 0 aliphatic heterocycles. The summed E-state index contributed by atoms with van der Waals surface area (Å²) in [7, 11) is 0. The lowest BCUT2D eigenvalue weighted by molar-refractivity contribution is -0.132. The summed E-state index contributed by atoms with van der Waals surface area (Å²) in [6.07, 6.45) is -5.44. The summed E-state index contributed by atoms with van der Waals surface area (Å²) in [5.41, 5.74) is 0.554. The van der Waals surface area contributed by atoms with Crippen LogP contribution in [-0.4, -0.2) is 67.8 Å². The molecule has 0 saturated carbocycles. The Hall–Kier alpha value is -1.64. The van der Waals surface area contributed by atoms with E-state index in [2.05, 4.69) is 0 Å². The maximum absolute atomic E-state index is 10.0. The van der Waals surface area contributed by atoms with Crippen LogP contribution in [-0.2, 0) is 0 Å². The Morgan fingerprint density at radius 3 is 2.08 bits per heavy atom. The Bertz CT molecular complexity index is 543. The first kappa shape index (κ1) is 22.4. The summed E-state index contributed by atoms with van der Waals surface area (Å²) in [6.45, 7) is 4.38. The van der Waals surface area contributed by atoms with Crippen LogP contribution in [0.3, 0.4) is 0 Å². The fraction of sp³-hybridized carbons (Fsp3) is 0.579. The highest BCUT2D eigenvalue weighted by molar-refractivity contribution is 5.53. The van der Waals surface area contributed by atoms with Crippen molar-refractivity contribution in [2.24, 2.45) is 0 Å². The molecule has 148 valence electrons. The third-order valence-corrected chi connectivity index (χ3v) is 3.97. The van der Waals surface area contributed by atoms with E-state index in [0.717, 1.165) is 6.42 Å². The predicted octanol–water partition coefficient (Wildman–Crippen LogP) is 0.979. The van der Waals surface area contributed by atoms with Crippen molar-refractivity contribution in [2.75, 3.05) is 6.61 Å². The minimum Gasteiger partial charge on any atom is -0.509 e. The lowest BCUT2D eigenvalue weighted by Crippen LogP contribution is -2.49. The van der Waals surface area contributed by atoms with Gasteiger partial charge in [-0.3, -0.25) is 0 Å². The molecule has 0 heterocycles. The largest absolute Gasteiger partial charge is 0.509 e. The Balaban J connectivity index is 2.74. The molecule has 1 rings (SSSR count). The normalized spacial score (nSPS) is 18.0. The highest BCUT2D eigenvalue weighted by atomic mass is 16.5. The zero-order chi connectivity index (χ0) is 19.7. The van der Waals surface area contributed by atoms with Crippen molar-refractivity contribution in [3.05, 3.63) is 35.6 Å². The Morgan fingerprint density at radius 1 is 0.923 bits per heavy atom. The van der Waals surface area contributed by atoms with Gasteiger partial charge in [-0.2, -0.15) is 0 Å². The number of hydrogen-bond donors (Lipinski definition) is 6. The van der Waals surface area contributed by atoms with Gasteiger partial charge in [0.1, 0.15) is 35.9 Å². The Kier molecular flexibility index (Phi) is 9.61. The summed E-state index contributed by atoms with van der Waals surface area (Å²) in [6, 6.07) is 6.74. The fourth-order valence-electron chi connectivity index (χ4n) is 2.39. The van der Waals surface area contributed by atoms with E-state index in [1.807, 2.05) is 6.92 Å². The van der Waals surface area contributed by atoms with Crippen LogP contribution in [0.15, 0.2) is 30.0 Å². The van der Waals surface area contributed by atoms with Gasteiger partial charge in [0.15, 0.2) is 0 Å². The minimum absolute atomic E-state index is 0.231. The molecule has 0 aliphatic carbocycles. The lowest BCUT2D eigenvalue weighted by atomic mass is 9.96. The molecule has 0 fully saturated rings. The quantitative estimate of drug-likeness (QED) is 0.320. The zero-order valence-corrected chi connectivity index (χ0v) is 15.2. The fourth-order valence-corrected chi connectivity index (χ4v) is 2.39. The molecule has 1 aromatic rings. The number of hydrogen-bond acceptors (Lipinski definition) is 7. The molecule has 1 aromatic carbocycles. The molecule has 6 N–H and O–H groups in total. The summed E-state index contributed by atoms with van der Waals surface area (Å²) in [5.74, 6) is 0.100. The first-order valence-corrected chi connectivity index (χ1v) is 8.85. The van der Waals surface area contributed by atoms with E-state index in [-0.39, 0.29) is 6.42 Å². The number of aliphatic hydroxyl groups is 6. The molecule has 0 amide bonds. The van der Waals surface area contributed by atoms with Gasteiger partial charge in [-0.15, -0.1) is 0 Å². The first-order valence-electron chi connectivity index (χ1n) is 8.85. The van der Waals surface area contributed by atoms with Gasteiger partial charge in [0.2, 0.25) is 0 Å². The average Bonchev–Trinajstić information content (AvgIpc) is 2.65. The van der Waals surface area contributed by atoms with Crippen LogP contribution in [0.2, 0.25) is 0 Å². The third-order valence-electron chi connectivity index (χ3n) is 3.97. The molecular formula is C19H30O7. The number of rotatable bonds is 11. The van der Waals surface area contributed by atoms with Crippen molar-refractivity contribution >= 4 is 6.08 Å². The van der Waals surface area contributed by atoms with Crippen molar-refractivity contribution in [1.82, 2.24) is 0 Å². The van der Waals surface area contributed by atoms with E-state index < -0.39 is 36.3 Å². The average molecular weight is 370 g/mol. The van der Waals surface area contributed by atoms with Crippen molar-refractivity contribution in [3.8, 4) is 5.75 Å². The summed E-state index contributed by atoms with van der Waals surface area (Å²) < 4.78 is 5.44. The Labute approximate surface area is 153 Å². The number of benzene rings is 1. The van der Waals surface area contributed by atoms with Crippen LogP contribution in [0.1, 0.15) is 38.7 Å². The van der Waals surface area contributed by atoms with E-state index in [1.165, 1.54) is 6.08 Å². The molecule has 0 bridgehead atoms. The van der Waals surface area contributed by atoms with E-state index in [9.17, 15) is 30.6 Å². The zero-order valence-electron chi connectivity index (χ0n) is 15.2. The van der Waals surface area contributed by atoms with Gasteiger partial charge in [0.25, 0.3) is 0 Å². The van der Waals surface area contributed by atoms with Crippen molar-refractivity contribution in [2.45, 2.75) is 63.6 Å². The molecule has 0 saturated heterocycles. The molecular weight excluding hydrogens is 340 g/mol. The van der Waals surface area contributed by atoms with Gasteiger partial charge in [0.05, 0.1) is 12.7 Å². The van der Waals surface area contributed by atoms with Gasteiger partial charge < -0.3 is 35.4 Å². The van der Waals surface area contributed by atoms with Gasteiger partial charge in [-0.1, -0.05) is 32.4 Å². The van der Waals surface area contributed by atoms with Crippen molar-refractivity contribution < 1.29 is 35.4 Å². The van der Waals surface area contributed by atoms with Crippen LogP contribution in [0.4, 0.5) is 0 Å². The maximum Gasteiger partial charge on any atom is 0.139 e. The van der Waals surface area contributed by atoms with E-state index in [1.54, 1.807) is 31.2 Å². The van der Waals surface area contributed by atoms with Crippen molar-refractivity contribution in [1.29, 1.82) is 0 Å². The molecule has 7 heteroatoms. The van der Waals surface area contributed by atoms with Gasteiger partial charge >= 0.3 is 0 Å². The summed E-state index contributed by atoms with van der Waals surface area (Å²) in [4.78, 5) is 0. The third kappa shape index (κ3) is 6.59. The maximum atomic E-state index is 10.0. The predicted molar refractivity (Wildman–Crippen MR) is 97.8 cm³/mol. The molecule has 5 atom stereocenters. The van der Waals surface area contributed by atoms with Gasteiger partial charge in [-0.05, 0) is 36.6 Å². The van der Waals surface area contributed by atoms with Crippen LogP contribution in [0, 0.1) is 0 Å². The molecule has 26 heavy (non-hydrogen) atoms. The van der Waals surface area contributed by atoms with E-state index >= 15 is 0 Å². The first-order chi connectivity index (χ1) is 12.3. The monoisotopic (exact) mass is 370 g/mol. The minimum atomic E-state index is -1.86. The van der Waals surface area contributed by atoms with E-state index in [0.29, 0.717) is 24.3 Å². The standard InChI is InChI=1S/C19H30O7/c1-3-5-14(20)16(22)18(24)19(25)17(23)15(21)11-12-6-8-13(9-7-12)26-10-4-2/h6-9,11,14,16-25H,3-5,10H2,1-2H3/t14?,16-,17+,18+,19+/m0/s1. The second kappa shape index (κ2) is 11.2. The molecule has 0 spiro atoms. The van der Waals surface area contributed by atoms with Crippen LogP contribution in [0.25, 0.3) is 6.08 Å². The van der Waals surface area contributed by atoms with Crippen LogP contribution >= 0.6 is 0 Å². The Morgan fingerprint density at radius 2 is 1.54 bits per heavy atom. The van der Waals surface area contributed by atoms with Crippen LogP contribution in [0.5, 0.6) is 5.75 Å². The smallest absolute Gasteiger partial charge is 0.139 e. The molecule has 0 radical (unpaired) electrons. The second-order valence-electron chi connectivity index (χ2n) is 6.26. The summed E-state index contributed by atoms with van der Waals surface area (Å²) >= 11 is 0. The van der Waals surface area contributed by atoms with Gasteiger partial charge in [-0.25, -0.2) is 0 Å². The van der Waals surface area contributed by atoms with Gasteiger partial charge in [0, 0.05) is 0 Å². The van der Waals surface area contributed by atoms with Crippen molar-refractivity contribution in [3.63, 3.8) is 0 Å². The summed E-state index contributed by atoms with van der Waals surface area (Å²) in [5, 5.41) is 59.4. The lowest BCUT2D eigenvalue weighted by Gasteiger charge is -2.28. The highest BCUT2D eigenvalue weighted by Crippen LogP contribution is 2.18. The van der Waals surface area contributed by atoms with Crippen LogP contribution < -0.4 is 4.74 Å². The molecule has 1 unspecified atom stereocenters. The molecule has 7 nitrogen and oxygen atoms in total. The second-order valence-corrected chi connectivity index (χ2v) is 6.26. The highest BCUT2D eigenvalue weighted by Gasteiger charge is 2.35.